The van der Waals surface area contributed by atoms with Crippen LogP contribution in [0, 0.1) is 13.8 Å². The SMILES string of the molecule is Cc1ccc(-c2nc(-c3ccc4[nH]c(=O)[nH]c4c3)cs2)c(C)c1. The molecule has 4 rings (SSSR count). The van der Waals surface area contributed by atoms with E-state index in [1.807, 2.05) is 18.2 Å². The molecule has 4 aromatic rings. The van der Waals surface area contributed by atoms with Crippen LogP contribution in [-0.2, 0) is 0 Å². The van der Waals surface area contributed by atoms with E-state index in [4.69, 9.17) is 4.98 Å². The molecular formula is C18H15N3OS. The zero-order valence-corrected chi connectivity index (χ0v) is 13.6. The van der Waals surface area contributed by atoms with Crippen molar-refractivity contribution in [3.05, 3.63) is 63.4 Å². The van der Waals surface area contributed by atoms with Gasteiger partial charge in [0, 0.05) is 16.5 Å². The van der Waals surface area contributed by atoms with Crippen molar-refractivity contribution in [2.24, 2.45) is 0 Å². The number of aromatic nitrogens is 3. The maximum atomic E-state index is 11.4. The number of hydrogen-bond acceptors (Lipinski definition) is 3. The molecule has 0 bridgehead atoms. The van der Waals surface area contributed by atoms with Crippen molar-refractivity contribution in [2.75, 3.05) is 0 Å². The van der Waals surface area contributed by atoms with Gasteiger partial charge in [-0.2, -0.15) is 0 Å². The second-order valence-electron chi connectivity index (χ2n) is 5.70. The molecule has 0 fully saturated rings. The summed E-state index contributed by atoms with van der Waals surface area (Å²) in [6, 6.07) is 12.2. The summed E-state index contributed by atoms with van der Waals surface area (Å²) in [7, 11) is 0. The number of rotatable bonds is 2. The highest BCUT2D eigenvalue weighted by molar-refractivity contribution is 7.13. The third-order valence-electron chi connectivity index (χ3n) is 3.93. The van der Waals surface area contributed by atoms with E-state index in [2.05, 4.69) is 47.4 Å². The van der Waals surface area contributed by atoms with E-state index in [1.165, 1.54) is 16.7 Å². The second-order valence-corrected chi connectivity index (χ2v) is 6.55. The predicted octanol–water partition coefficient (Wildman–Crippen LogP) is 4.26. The molecule has 0 saturated carbocycles. The van der Waals surface area contributed by atoms with Crippen molar-refractivity contribution < 1.29 is 0 Å². The molecule has 0 saturated heterocycles. The standard InChI is InChI=1S/C18H15N3OS/c1-10-3-5-13(11(2)7-10)17-19-16(9-23-17)12-4-6-14-15(8-12)21-18(22)20-14/h3-9H,1-2H3,(H2,20,21,22). The molecule has 0 aliphatic heterocycles. The van der Waals surface area contributed by atoms with Crippen LogP contribution in [0.5, 0.6) is 0 Å². The Hall–Kier alpha value is -2.66. The summed E-state index contributed by atoms with van der Waals surface area (Å²) in [4.78, 5) is 21.7. The van der Waals surface area contributed by atoms with Crippen molar-refractivity contribution >= 4 is 22.4 Å². The predicted molar refractivity (Wildman–Crippen MR) is 94.9 cm³/mol. The minimum atomic E-state index is -0.189. The average molecular weight is 321 g/mol. The van der Waals surface area contributed by atoms with Crippen LogP contribution < -0.4 is 5.69 Å². The van der Waals surface area contributed by atoms with Crippen molar-refractivity contribution in [2.45, 2.75) is 13.8 Å². The van der Waals surface area contributed by atoms with Crippen LogP contribution in [0.25, 0.3) is 32.9 Å². The maximum Gasteiger partial charge on any atom is 0.323 e. The Bertz CT molecular complexity index is 1070. The van der Waals surface area contributed by atoms with Crippen LogP contribution in [0.4, 0.5) is 0 Å². The van der Waals surface area contributed by atoms with Gasteiger partial charge in [0.25, 0.3) is 0 Å². The van der Waals surface area contributed by atoms with Crippen LogP contribution >= 0.6 is 11.3 Å². The van der Waals surface area contributed by atoms with Crippen molar-refractivity contribution in [3.63, 3.8) is 0 Å². The van der Waals surface area contributed by atoms with Gasteiger partial charge in [-0.25, -0.2) is 9.78 Å². The minimum absolute atomic E-state index is 0.189. The zero-order chi connectivity index (χ0) is 16.0. The molecule has 114 valence electrons. The topological polar surface area (TPSA) is 61.5 Å². The molecular weight excluding hydrogens is 306 g/mol. The summed E-state index contributed by atoms with van der Waals surface area (Å²) in [5.74, 6) is 0. The Balaban J connectivity index is 1.77. The summed E-state index contributed by atoms with van der Waals surface area (Å²) >= 11 is 1.64. The molecule has 4 nitrogen and oxygen atoms in total. The Morgan fingerprint density at radius 2 is 1.83 bits per heavy atom. The third kappa shape index (κ3) is 2.49. The number of H-pyrrole nitrogens is 2. The van der Waals surface area contributed by atoms with E-state index in [9.17, 15) is 4.79 Å². The molecule has 0 unspecified atom stereocenters. The third-order valence-corrected chi connectivity index (χ3v) is 4.80. The van der Waals surface area contributed by atoms with E-state index >= 15 is 0 Å². The number of aromatic amines is 2. The van der Waals surface area contributed by atoms with E-state index in [0.717, 1.165) is 27.3 Å². The van der Waals surface area contributed by atoms with Gasteiger partial charge in [0.05, 0.1) is 16.7 Å². The lowest BCUT2D eigenvalue weighted by atomic mass is 10.1. The number of aryl methyl sites for hydroxylation is 2. The maximum absolute atomic E-state index is 11.4. The largest absolute Gasteiger partial charge is 0.323 e. The number of nitrogens with one attached hydrogen (secondary N) is 2. The highest BCUT2D eigenvalue weighted by atomic mass is 32.1. The number of nitrogens with zero attached hydrogens (tertiary/aromatic N) is 1. The Kier molecular flexibility index (Phi) is 3.16. The summed E-state index contributed by atoms with van der Waals surface area (Å²) < 4.78 is 0. The highest BCUT2D eigenvalue weighted by Crippen LogP contribution is 2.31. The molecule has 2 heterocycles. The van der Waals surface area contributed by atoms with Gasteiger partial charge in [-0.3, -0.25) is 0 Å². The molecule has 23 heavy (non-hydrogen) atoms. The first-order chi connectivity index (χ1) is 11.1. The van der Waals surface area contributed by atoms with E-state index in [-0.39, 0.29) is 5.69 Å². The van der Waals surface area contributed by atoms with Gasteiger partial charge < -0.3 is 9.97 Å². The molecule has 0 atom stereocenters. The molecule has 2 N–H and O–H groups in total. The normalized spacial score (nSPS) is 11.2. The molecule has 0 radical (unpaired) electrons. The Labute approximate surface area is 136 Å². The van der Waals surface area contributed by atoms with E-state index in [0.29, 0.717) is 0 Å². The van der Waals surface area contributed by atoms with Gasteiger partial charge >= 0.3 is 5.69 Å². The molecule has 0 aliphatic carbocycles. The minimum Gasteiger partial charge on any atom is -0.306 e. The molecule has 2 aromatic carbocycles. The van der Waals surface area contributed by atoms with Crippen LogP contribution in [0.15, 0.2) is 46.6 Å². The molecule has 0 amide bonds. The lowest BCUT2D eigenvalue weighted by Crippen LogP contribution is -1.99. The fraction of sp³-hybridized carbons (Fsp3) is 0.111. The van der Waals surface area contributed by atoms with E-state index in [1.54, 1.807) is 11.3 Å². The molecule has 0 spiro atoms. The first kappa shape index (κ1) is 14.0. The van der Waals surface area contributed by atoms with Gasteiger partial charge in [0.15, 0.2) is 0 Å². The van der Waals surface area contributed by atoms with Crippen molar-refractivity contribution in [1.29, 1.82) is 0 Å². The number of benzene rings is 2. The van der Waals surface area contributed by atoms with Crippen LogP contribution in [0.1, 0.15) is 11.1 Å². The Morgan fingerprint density at radius 3 is 2.65 bits per heavy atom. The molecule has 5 heteroatoms. The zero-order valence-electron chi connectivity index (χ0n) is 12.8. The van der Waals surface area contributed by atoms with E-state index < -0.39 is 0 Å². The summed E-state index contributed by atoms with van der Waals surface area (Å²) in [6.07, 6.45) is 0. The number of hydrogen-bond donors (Lipinski definition) is 2. The average Bonchev–Trinajstić information content (AvgIpc) is 3.11. The first-order valence-electron chi connectivity index (χ1n) is 7.36. The lowest BCUT2D eigenvalue weighted by molar-refractivity contribution is 1.21. The van der Waals surface area contributed by atoms with Gasteiger partial charge in [-0.1, -0.05) is 29.8 Å². The monoisotopic (exact) mass is 321 g/mol. The summed E-state index contributed by atoms with van der Waals surface area (Å²) in [6.45, 7) is 4.21. The number of fused-ring (bicyclic) bond motifs is 1. The second kappa shape index (κ2) is 5.21. The number of thiazole rings is 1. The van der Waals surface area contributed by atoms with Gasteiger partial charge in [-0.15, -0.1) is 11.3 Å². The first-order valence-corrected chi connectivity index (χ1v) is 8.24. The quantitative estimate of drug-likeness (QED) is 0.579. The summed E-state index contributed by atoms with van der Waals surface area (Å²) in [5, 5.41) is 3.07. The van der Waals surface area contributed by atoms with Crippen molar-refractivity contribution in [3.8, 4) is 21.8 Å². The smallest absolute Gasteiger partial charge is 0.306 e. The lowest BCUT2D eigenvalue weighted by Gasteiger charge is -2.03. The Morgan fingerprint density at radius 1 is 1.00 bits per heavy atom. The fourth-order valence-corrected chi connectivity index (χ4v) is 3.69. The number of imidazole rings is 1. The fourth-order valence-electron chi connectivity index (χ4n) is 2.78. The highest BCUT2D eigenvalue weighted by Gasteiger charge is 2.10. The van der Waals surface area contributed by atoms with Crippen LogP contribution in [0.3, 0.4) is 0 Å². The van der Waals surface area contributed by atoms with Gasteiger partial charge in [0.1, 0.15) is 5.01 Å². The molecule has 2 aromatic heterocycles. The van der Waals surface area contributed by atoms with Gasteiger partial charge in [-0.05, 0) is 31.5 Å². The van der Waals surface area contributed by atoms with Gasteiger partial charge in [0.2, 0.25) is 0 Å². The summed E-state index contributed by atoms with van der Waals surface area (Å²) in [5.41, 5.74) is 7.00. The van der Waals surface area contributed by atoms with Crippen LogP contribution in [0.2, 0.25) is 0 Å². The molecule has 0 aliphatic rings. The van der Waals surface area contributed by atoms with Crippen molar-refractivity contribution in [1.82, 2.24) is 15.0 Å². The van der Waals surface area contributed by atoms with Crippen LogP contribution in [-0.4, -0.2) is 15.0 Å².